The Morgan fingerprint density at radius 3 is 2.30 bits per heavy atom. The molecule has 0 spiro atoms. The average Bonchev–Trinajstić information content (AvgIpc) is 2.31. The van der Waals surface area contributed by atoms with Gasteiger partial charge in [-0.25, -0.2) is 9.59 Å². The van der Waals surface area contributed by atoms with Crippen molar-refractivity contribution in [2.75, 3.05) is 0 Å². The van der Waals surface area contributed by atoms with Crippen LogP contribution in [0.3, 0.4) is 0 Å². The van der Waals surface area contributed by atoms with Crippen LogP contribution in [0.1, 0.15) is 32.4 Å². The number of benzene rings is 1. The zero-order valence-corrected chi connectivity index (χ0v) is 12.6. The van der Waals surface area contributed by atoms with Crippen LogP contribution in [0.5, 0.6) is 5.75 Å². The van der Waals surface area contributed by atoms with Crippen LogP contribution in [-0.2, 0) is 9.53 Å². The maximum absolute atomic E-state index is 12.2. The van der Waals surface area contributed by atoms with Crippen molar-refractivity contribution in [2.24, 2.45) is 0 Å². The number of carbonyl (C=O) groups excluding carboxylic acids is 1. The monoisotopic (exact) mass is 335 g/mol. The number of hydrogen-bond donors (Lipinski definition) is 2. The number of carboxylic acid groups (broad SMARTS) is 1. The molecule has 0 aromatic heterocycles. The molecule has 1 aromatic rings. The minimum Gasteiger partial charge on any atom is -0.479 e. The van der Waals surface area contributed by atoms with Gasteiger partial charge in [0.1, 0.15) is 11.4 Å². The van der Waals surface area contributed by atoms with E-state index in [4.69, 9.17) is 9.84 Å². The van der Waals surface area contributed by atoms with Gasteiger partial charge in [0.15, 0.2) is 6.04 Å². The van der Waals surface area contributed by atoms with Crippen molar-refractivity contribution in [3.8, 4) is 5.75 Å². The lowest BCUT2D eigenvalue weighted by atomic mass is 10.1. The molecule has 1 amide bonds. The van der Waals surface area contributed by atoms with Crippen LogP contribution in [0.2, 0.25) is 0 Å². The third-order valence-electron chi connectivity index (χ3n) is 2.33. The van der Waals surface area contributed by atoms with Crippen LogP contribution in [-0.4, -0.2) is 29.1 Å². The molecule has 9 heteroatoms. The minimum absolute atomic E-state index is 0.0925. The molecule has 1 atom stereocenters. The van der Waals surface area contributed by atoms with E-state index in [1.54, 1.807) is 20.8 Å². The zero-order chi connectivity index (χ0) is 17.8. The lowest BCUT2D eigenvalue weighted by molar-refractivity contribution is -0.274. The molecule has 6 nitrogen and oxygen atoms in total. The van der Waals surface area contributed by atoms with Crippen LogP contribution in [0, 0.1) is 0 Å². The van der Waals surface area contributed by atoms with Crippen molar-refractivity contribution in [2.45, 2.75) is 38.8 Å². The van der Waals surface area contributed by atoms with Crippen LogP contribution in [0.4, 0.5) is 18.0 Å². The molecule has 23 heavy (non-hydrogen) atoms. The van der Waals surface area contributed by atoms with E-state index in [1.165, 1.54) is 12.1 Å². The Labute approximate surface area is 130 Å². The number of alkyl carbamates (subject to hydrolysis) is 1. The SMILES string of the molecule is CC(C)(C)OC(=O)NC(C(=O)O)c1cccc(OC(F)(F)F)c1. The number of amides is 1. The summed E-state index contributed by atoms with van der Waals surface area (Å²) >= 11 is 0. The van der Waals surface area contributed by atoms with E-state index in [-0.39, 0.29) is 5.56 Å². The summed E-state index contributed by atoms with van der Waals surface area (Å²) in [4.78, 5) is 22.9. The Hall–Kier alpha value is -2.45. The number of rotatable bonds is 4. The number of carbonyl (C=O) groups is 2. The van der Waals surface area contributed by atoms with Crippen molar-refractivity contribution >= 4 is 12.1 Å². The summed E-state index contributed by atoms with van der Waals surface area (Å²) < 4.78 is 45.2. The van der Waals surface area contributed by atoms with Crippen molar-refractivity contribution in [3.05, 3.63) is 29.8 Å². The Kier molecular flexibility index (Phi) is 5.46. The highest BCUT2D eigenvalue weighted by Gasteiger charge is 2.32. The number of ether oxygens (including phenoxy) is 2. The molecule has 128 valence electrons. The number of carboxylic acids is 1. The molecule has 1 unspecified atom stereocenters. The van der Waals surface area contributed by atoms with Crippen LogP contribution >= 0.6 is 0 Å². The maximum Gasteiger partial charge on any atom is 0.573 e. The van der Waals surface area contributed by atoms with Gasteiger partial charge in [-0.15, -0.1) is 13.2 Å². The van der Waals surface area contributed by atoms with E-state index in [9.17, 15) is 22.8 Å². The fourth-order valence-corrected chi connectivity index (χ4v) is 1.60. The highest BCUT2D eigenvalue weighted by Crippen LogP contribution is 2.26. The predicted molar refractivity (Wildman–Crippen MR) is 72.9 cm³/mol. The Morgan fingerprint density at radius 1 is 1.22 bits per heavy atom. The number of hydrogen-bond acceptors (Lipinski definition) is 4. The molecule has 0 bridgehead atoms. The summed E-state index contributed by atoms with van der Waals surface area (Å²) in [5.74, 6) is -2.05. The van der Waals surface area contributed by atoms with E-state index in [2.05, 4.69) is 10.1 Å². The summed E-state index contributed by atoms with van der Waals surface area (Å²) in [5, 5.41) is 11.2. The molecular formula is C14H16F3NO5. The molecule has 0 aliphatic heterocycles. The average molecular weight is 335 g/mol. The normalized spacial score (nSPS) is 13.1. The van der Waals surface area contributed by atoms with E-state index in [1.807, 2.05) is 0 Å². The van der Waals surface area contributed by atoms with Gasteiger partial charge >= 0.3 is 18.4 Å². The Balaban J connectivity index is 2.96. The Morgan fingerprint density at radius 2 is 1.83 bits per heavy atom. The Bertz CT molecular complexity index is 581. The van der Waals surface area contributed by atoms with Crippen LogP contribution in [0.15, 0.2) is 24.3 Å². The van der Waals surface area contributed by atoms with Crippen LogP contribution < -0.4 is 10.1 Å². The number of nitrogens with one attached hydrogen (secondary N) is 1. The molecular weight excluding hydrogens is 319 g/mol. The molecule has 1 rings (SSSR count). The second-order valence-electron chi connectivity index (χ2n) is 5.54. The molecule has 0 heterocycles. The van der Waals surface area contributed by atoms with Gasteiger partial charge in [-0.3, -0.25) is 0 Å². The molecule has 0 aliphatic rings. The first-order valence-corrected chi connectivity index (χ1v) is 6.45. The second kappa shape index (κ2) is 6.76. The fraction of sp³-hybridized carbons (Fsp3) is 0.429. The van der Waals surface area contributed by atoms with Gasteiger partial charge in [0.25, 0.3) is 0 Å². The molecule has 0 saturated heterocycles. The number of alkyl halides is 3. The fourth-order valence-electron chi connectivity index (χ4n) is 1.60. The zero-order valence-electron chi connectivity index (χ0n) is 12.6. The van der Waals surface area contributed by atoms with Crippen molar-refractivity contribution in [3.63, 3.8) is 0 Å². The van der Waals surface area contributed by atoms with Gasteiger partial charge in [-0.2, -0.15) is 0 Å². The van der Waals surface area contributed by atoms with E-state index in [0.717, 1.165) is 12.1 Å². The standard InChI is InChI=1S/C14H16F3NO5/c1-13(2,3)23-12(21)18-10(11(19)20)8-5-4-6-9(7-8)22-14(15,16)17/h4-7,10H,1-3H3,(H,18,21)(H,19,20). The molecule has 0 radical (unpaired) electrons. The maximum atomic E-state index is 12.2. The van der Waals surface area contributed by atoms with E-state index >= 15 is 0 Å². The molecule has 0 saturated carbocycles. The van der Waals surface area contributed by atoms with Crippen molar-refractivity contribution in [1.82, 2.24) is 5.32 Å². The van der Waals surface area contributed by atoms with Gasteiger partial charge in [0.2, 0.25) is 0 Å². The summed E-state index contributed by atoms with van der Waals surface area (Å²) in [5.41, 5.74) is -0.945. The van der Waals surface area contributed by atoms with Gasteiger partial charge in [0.05, 0.1) is 0 Å². The summed E-state index contributed by atoms with van der Waals surface area (Å²) in [6.45, 7) is 4.75. The topological polar surface area (TPSA) is 84.9 Å². The lowest BCUT2D eigenvalue weighted by Crippen LogP contribution is -2.38. The molecule has 0 fully saturated rings. The predicted octanol–water partition coefficient (Wildman–Crippen LogP) is 3.24. The summed E-state index contributed by atoms with van der Waals surface area (Å²) in [7, 11) is 0. The largest absolute Gasteiger partial charge is 0.573 e. The summed E-state index contributed by atoms with van der Waals surface area (Å²) in [6, 6.07) is 2.75. The van der Waals surface area contributed by atoms with E-state index < -0.39 is 35.8 Å². The van der Waals surface area contributed by atoms with Gasteiger partial charge in [0, 0.05) is 0 Å². The number of aliphatic carboxylic acids is 1. The first-order valence-electron chi connectivity index (χ1n) is 6.45. The smallest absolute Gasteiger partial charge is 0.479 e. The molecule has 0 aliphatic carbocycles. The minimum atomic E-state index is -4.91. The molecule has 1 aromatic carbocycles. The first kappa shape index (κ1) is 18.6. The van der Waals surface area contributed by atoms with Gasteiger partial charge < -0.3 is 19.9 Å². The lowest BCUT2D eigenvalue weighted by Gasteiger charge is -2.22. The summed E-state index contributed by atoms with van der Waals surface area (Å²) in [6.07, 6.45) is -5.91. The molecule has 2 N–H and O–H groups in total. The highest BCUT2D eigenvalue weighted by atomic mass is 19.4. The van der Waals surface area contributed by atoms with Gasteiger partial charge in [-0.05, 0) is 38.5 Å². The second-order valence-corrected chi connectivity index (χ2v) is 5.54. The third-order valence-corrected chi connectivity index (χ3v) is 2.33. The number of halogens is 3. The third kappa shape index (κ3) is 6.90. The van der Waals surface area contributed by atoms with Gasteiger partial charge in [-0.1, -0.05) is 12.1 Å². The first-order chi connectivity index (χ1) is 10.4. The van der Waals surface area contributed by atoms with E-state index in [0.29, 0.717) is 0 Å². The van der Waals surface area contributed by atoms with Crippen molar-refractivity contribution < 1.29 is 37.3 Å². The quantitative estimate of drug-likeness (QED) is 0.882. The highest BCUT2D eigenvalue weighted by molar-refractivity contribution is 5.81. The van der Waals surface area contributed by atoms with Crippen LogP contribution in [0.25, 0.3) is 0 Å². The van der Waals surface area contributed by atoms with Crippen molar-refractivity contribution in [1.29, 1.82) is 0 Å².